The van der Waals surface area contributed by atoms with Crippen LogP contribution in [0.3, 0.4) is 0 Å². The number of halogens is 1. The molecule has 0 aliphatic rings. The minimum atomic E-state index is -0.520. The summed E-state index contributed by atoms with van der Waals surface area (Å²) >= 11 is 5.73. The Morgan fingerprint density at radius 1 is 1.33 bits per heavy atom. The van der Waals surface area contributed by atoms with E-state index in [1.807, 2.05) is 0 Å². The van der Waals surface area contributed by atoms with Crippen molar-refractivity contribution in [3.63, 3.8) is 0 Å². The van der Waals surface area contributed by atoms with Crippen molar-refractivity contribution in [3.8, 4) is 11.6 Å². The van der Waals surface area contributed by atoms with Crippen LogP contribution < -0.4 is 4.74 Å². The van der Waals surface area contributed by atoms with Crippen LogP contribution in [-0.4, -0.2) is 23.0 Å². The van der Waals surface area contributed by atoms with Gasteiger partial charge >= 0.3 is 5.97 Å². The number of ether oxygens (including phenoxy) is 2. The highest BCUT2D eigenvalue weighted by atomic mass is 35.5. The summed E-state index contributed by atoms with van der Waals surface area (Å²) in [6, 6.07) is 8.00. The van der Waals surface area contributed by atoms with E-state index in [0.29, 0.717) is 10.9 Å². The van der Waals surface area contributed by atoms with Crippen molar-refractivity contribution in [2.24, 2.45) is 0 Å². The standard InChI is InChI=1S/C12H9ClN2O3/c1-17-12(16)9-3-2-4-11(15-9)18-8-5-6-14-10(13)7-8/h2-7H,1H3. The van der Waals surface area contributed by atoms with Gasteiger partial charge in [0.2, 0.25) is 5.88 Å². The molecular formula is C12H9ClN2O3. The highest BCUT2D eigenvalue weighted by Crippen LogP contribution is 2.21. The van der Waals surface area contributed by atoms with Crippen molar-refractivity contribution in [2.75, 3.05) is 7.11 Å². The Labute approximate surface area is 108 Å². The van der Waals surface area contributed by atoms with Crippen LogP contribution in [0.1, 0.15) is 10.5 Å². The molecule has 0 aliphatic heterocycles. The van der Waals surface area contributed by atoms with Gasteiger partial charge in [0.15, 0.2) is 5.69 Å². The first-order chi connectivity index (χ1) is 8.69. The first-order valence-corrected chi connectivity index (χ1v) is 5.41. The number of hydrogen-bond donors (Lipinski definition) is 0. The molecule has 2 rings (SSSR count). The molecule has 92 valence electrons. The largest absolute Gasteiger partial charge is 0.464 e. The molecule has 0 atom stereocenters. The Morgan fingerprint density at radius 3 is 2.89 bits per heavy atom. The second-order valence-corrected chi connectivity index (χ2v) is 3.66. The number of carbonyl (C=O) groups excluding carboxylic acids is 1. The summed E-state index contributed by atoms with van der Waals surface area (Å²) in [5.74, 6) is 0.248. The average Bonchev–Trinajstić information content (AvgIpc) is 2.38. The van der Waals surface area contributed by atoms with E-state index in [4.69, 9.17) is 16.3 Å². The van der Waals surface area contributed by atoms with Crippen LogP contribution in [-0.2, 0) is 4.74 Å². The third-order valence-corrected chi connectivity index (χ3v) is 2.25. The van der Waals surface area contributed by atoms with Gasteiger partial charge in [0, 0.05) is 18.3 Å². The van der Waals surface area contributed by atoms with Gasteiger partial charge in [0.1, 0.15) is 10.9 Å². The molecule has 0 N–H and O–H groups in total. The Balaban J connectivity index is 2.22. The van der Waals surface area contributed by atoms with E-state index < -0.39 is 5.97 Å². The van der Waals surface area contributed by atoms with Crippen molar-refractivity contribution >= 4 is 17.6 Å². The molecule has 0 radical (unpaired) electrons. The Kier molecular flexibility index (Phi) is 3.74. The van der Waals surface area contributed by atoms with Gasteiger partial charge in [-0.2, -0.15) is 0 Å². The molecule has 0 aromatic carbocycles. The summed E-state index contributed by atoms with van der Waals surface area (Å²) in [4.78, 5) is 19.1. The molecule has 18 heavy (non-hydrogen) atoms. The zero-order valence-electron chi connectivity index (χ0n) is 9.46. The van der Waals surface area contributed by atoms with Crippen LogP contribution in [0.5, 0.6) is 11.6 Å². The number of carbonyl (C=O) groups is 1. The second-order valence-electron chi connectivity index (χ2n) is 3.27. The van der Waals surface area contributed by atoms with Crippen molar-refractivity contribution in [1.82, 2.24) is 9.97 Å². The van der Waals surface area contributed by atoms with E-state index in [1.54, 1.807) is 24.3 Å². The first-order valence-electron chi connectivity index (χ1n) is 5.04. The number of pyridine rings is 2. The van der Waals surface area contributed by atoms with E-state index in [9.17, 15) is 4.79 Å². The normalized spacial score (nSPS) is 9.89. The smallest absolute Gasteiger partial charge is 0.356 e. The topological polar surface area (TPSA) is 61.3 Å². The second kappa shape index (κ2) is 5.46. The van der Waals surface area contributed by atoms with Crippen LogP contribution >= 0.6 is 11.6 Å². The van der Waals surface area contributed by atoms with Crippen molar-refractivity contribution in [2.45, 2.75) is 0 Å². The van der Waals surface area contributed by atoms with Crippen LogP contribution in [0.2, 0.25) is 5.15 Å². The van der Waals surface area contributed by atoms with Gasteiger partial charge in [-0.25, -0.2) is 14.8 Å². The molecule has 5 nitrogen and oxygen atoms in total. The zero-order chi connectivity index (χ0) is 13.0. The highest BCUT2D eigenvalue weighted by Gasteiger charge is 2.08. The maximum atomic E-state index is 11.3. The lowest BCUT2D eigenvalue weighted by molar-refractivity contribution is 0.0593. The van der Waals surface area contributed by atoms with E-state index in [1.165, 1.54) is 19.4 Å². The molecule has 0 spiro atoms. The molecule has 0 amide bonds. The number of esters is 1. The Morgan fingerprint density at radius 2 is 2.17 bits per heavy atom. The Hall–Kier alpha value is -2.14. The van der Waals surface area contributed by atoms with Gasteiger partial charge in [-0.15, -0.1) is 0 Å². The fourth-order valence-corrected chi connectivity index (χ4v) is 1.42. The van der Waals surface area contributed by atoms with E-state index >= 15 is 0 Å². The molecule has 2 heterocycles. The maximum absolute atomic E-state index is 11.3. The summed E-state index contributed by atoms with van der Waals surface area (Å²) in [5.41, 5.74) is 0.176. The molecular weight excluding hydrogens is 256 g/mol. The molecule has 0 fully saturated rings. The van der Waals surface area contributed by atoms with E-state index in [-0.39, 0.29) is 11.6 Å². The summed E-state index contributed by atoms with van der Waals surface area (Å²) in [6.45, 7) is 0. The number of aromatic nitrogens is 2. The average molecular weight is 265 g/mol. The van der Waals surface area contributed by atoms with Gasteiger partial charge in [-0.3, -0.25) is 0 Å². The van der Waals surface area contributed by atoms with E-state index in [2.05, 4.69) is 14.7 Å². The van der Waals surface area contributed by atoms with Gasteiger partial charge in [0.25, 0.3) is 0 Å². The van der Waals surface area contributed by atoms with Crippen LogP contribution in [0.4, 0.5) is 0 Å². The van der Waals surface area contributed by atoms with Gasteiger partial charge in [0.05, 0.1) is 7.11 Å². The molecule has 0 aliphatic carbocycles. The first kappa shape index (κ1) is 12.3. The third-order valence-electron chi connectivity index (χ3n) is 2.04. The lowest BCUT2D eigenvalue weighted by Crippen LogP contribution is -2.04. The SMILES string of the molecule is COC(=O)c1cccc(Oc2ccnc(Cl)c2)n1. The minimum Gasteiger partial charge on any atom is -0.464 e. The fourth-order valence-electron chi connectivity index (χ4n) is 1.26. The predicted octanol–water partition coefficient (Wildman–Crippen LogP) is 2.71. The lowest BCUT2D eigenvalue weighted by atomic mass is 10.3. The monoisotopic (exact) mass is 264 g/mol. The van der Waals surface area contributed by atoms with Gasteiger partial charge < -0.3 is 9.47 Å². The number of hydrogen-bond acceptors (Lipinski definition) is 5. The molecule has 6 heteroatoms. The lowest BCUT2D eigenvalue weighted by Gasteiger charge is -2.05. The van der Waals surface area contributed by atoms with Crippen LogP contribution in [0.25, 0.3) is 0 Å². The highest BCUT2D eigenvalue weighted by molar-refractivity contribution is 6.29. The number of rotatable bonds is 3. The summed E-state index contributed by atoms with van der Waals surface area (Å²) in [6.07, 6.45) is 1.52. The number of methoxy groups -OCH3 is 1. The van der Waals surface area contributed by atoms with Crippen molar-refractivity contribution in [1.29, 1.82) is 0 Å². The summed E-state index contributed by atoms with van der Waals surface area (Å²) in [5, 5.41) is 0.316. The Bertz CT molecular complexity index is 575. The van der Waals surface area contributed by atoms with Crippen LogP contribution in [0.15, 0.2) is 36.5 Å². The quantitative estimate of drug-likeness (QED) is 0.630. The molecule has 0 saturated carbocycles. The van der Waals surface area contributed by atoms with E-state index in [0.717, 1.165) is 0 Å². The summed E-state index contributed by atoms with van der Waals surface area (Å²) in [7, 11) is 1.29. The fraction of sp³-hybridized carbons (Fsp3) is 0.0833. The zero-order valence-corrected chi connectivity index (χ0v) is 10.2. The molecule has 2 aromatic heterocycles. The van der Waals surface area contributed by atoms with Crippen molar-refractivity contribution in [3.05, 3.63) is 47.4 Å². The molecule has 0 unspecified atom stereocenters. The predicted molar refractivity (Wildman–Crippen MR) is 64.9 cm³/mol. The maximum Gasteiger partial charge on any atom is 0.356 e. The van der Waals surface area contributed by atoms with Crippen LogP contribution in [0, 0.1) is 0 Å². The molecule has 2 aromatic rings. The number of nitrogens with zero attached hydrogens (tertiary/aromatic N) is 2. The third kappa shape index (κ3) is 2.95. The molecule has 0 saturated heterocycles. The minimum absolute atomic E-state index is 0.176. The molecule has 0 bridgehead atoms. The summed E-state index contributed by atoms with van der Waals surface area (Å²) < 4.78 is 10.0. The van der Waals surface area contributed by atoms with Gasteiger partial charge in [-0.1, -0.05) is 17.7 Å². The van der Waals surface area contributed by atoms with Gasteiger partial charge in [-0.05, 0) is 12.1 Å². The van der Waals surface area contributed by atoms with Crippen molar-refractivity contribution < 1.29 is 14.3 Å².